The van der Waals surface area contributed by atoms with Gasteiger partial charge in [0, 0.05) is 0 Å². The van der Waals surface area contributed by atoms with E-state index in [0.717, 1.165) is 38.6 Å². The summed E-state index contributed by atoms with van der Waals surface area (Å²) in [5, 5.41) is 3.50. The van der Waals surface area contributed by atoms with Crippen molar-refractivity contribution < 1.29 is 9.53 Å². The topological polar surface area (TPSA) is 38.3 Å². The van der Waals surface area contributed by atoms with E-state index < -0.39 is 5.54 Å². The van der Waals surface area contributed by atoms with Crippen molar-refractivity contribution in [2.75, 3.05) is 13.2 Å². The Morgan fingerprint density at radius 1 is 1.35 bits per heavy atom. The third-order valence-electron chi connectivity index (χ3n) is 3.89. The average molecular weight is 241 g/mol. The van der Waals surface area contributed by atoms with E-state index in [-0.39, 0.29) is 5.97 Å². The lowest BCUT2D eigenvalue weighted by Crippen LogP contribution is -2.59. The smallest absolute Gasteiger partial charge is 0.326 e. The zero-order valence-electron chi connectivity index (χ0n) is 11.6. The summed E-state index contributed by atoms with van der Waals surface area (Å²) < 4.78 is 5.31. The Kier molecular flexibility index (Phi) is 5.96. The molecule has 0 saturated heterocycles. The summed E-state index contributed by atoms with van der Waals surface area (Å²) >= 11 is 0. The molecule has 0 aromatic carbocycles. The predicted molar refractivity (Wildman–Crippen MR) is 69.9 cm³/mol. The van der Waals surface area contributed by atoms with Gasteiger partial charge in [-0.05, 0) is 38.6 Å². The van der Waals surface area contributed by atoms with Gasteiger partial charge in [-0.25, -0.2) is 0 Å². The van der Waals surface area contributed by atoms with E-state index in [2.05, 4.69) is 19.2 Å². The van der Waals surface area contributed by atoms with E-state index in [4.69, 9.17) is 4.74 Å². The maximum Gasteiger partial charge on any atom is 0.326 e. The van der Waals surface area contributed by atoms with Gasteiger partial charge in [0.05, 0.1) is 6.61 Å². The van der Waals surface area contributed by atoms with Crippen molar-refractivity contribution in [3.05, 3.63) is 0 Å². The number of hydrogen-bond acceptors (Lipinski definition) is 3. The van der Waals surface area contributed by atoms with Crippen LogP contribution in [0.15, 0.2) is 0 Å². The van der Waals surface area contributed by atoms with Crippen LogP contribution in [0, 0.1) is 5.92 Å². The number of esters is 1. The minimum absolute atomic E-state index is 0.0278. The zero-order valence-corrected chi connectivity index (χ0v) is 11.6. The van der Waals surface area contributed by atoms with Crippen molar-refractivity contribution in [2.24, 2.45) is 5.92 Å². The lowest BCUT2D eigenvalue weighted by molar-refractivity contribution is -0.156. The molecule has 0 amide bonds. The van der Waals surface area contributed by atoms with Crippen LogP contribution in [0.2, 0.25) is 0 Å². The van der Waals surface area contributed by atoms with Crippen LogP contribution < -0.4 is 5.32 Å². The normalized spacial score (nSPS) is 29.0. The van der Waals surface area contributed by atoms with Crippen molar-refractivity contribution in [3.8, 4) is 0 Å². The van der Waals surface area contributed by atoms with E-state index >= 15 is 0 Å². The van der Waals surface area contributed by atoms with Crippen molar-refractivity contribution in [1.82, 2.24) is 5.32 Å². The van der Waals surface area contributed by atoms with Crippen LogP contribution >= 0.6 is 0 Å². The van der Waals surface area contributed by atoms with Gasteiger partial charge in [0.15, 0.2) is 0 Å². The fraction of sp³-hybridized carbons (Fsp3) is 0.929. The van der Waals surface area contributed by atoms with Gasteiger partial charge in [-0.15, -0.1) is 0 Å². The quantitative estimate of drug-likeness (QED) is 0.727. The number of carbonyl (C=O) groups excluding carboxylic acids is 1. The average Bonchev–Trinajstić information content (AvgIpc) is 2.36. The first-order valence-corrected chi connectivity index (χ1v) is 7.13. The van der Waals surface area contributed by atoms with Crippen LogP contribution in [-0.2, 0) is 9.53 Å². The molecule has 1 saturated carbocycles. The molecule has 1 fully saturated rings. The fourth-order valence-electron chi connectivity index (χ4n) is 2.98. The van der Waals surface area contributed by atoms with E-state index in [0.29, 0.717) is 12.5 Å². The fourth-order valence-corrected chi connectivity index (χ4v) is 2.98. The Hall–Kier alpha value is -0.570. The number of rotatable bonds is 6. The highest BCUT2D eigenvalue weighted by molar-refractivity contribution is 5.81. The summed E-state index contributed by atoms with van der Waals surface area (Å²) in [7, 11) is 0. The van der Waals surface area contributed by atoms with Crippen LogP contribution in [0.25, 0.3) is 0 Å². The third kappa shape index (κ3) is 3.21. The Labute approximate surface area is 105 Å². The van der Waals surface area contributed by atoms with Gasteiger partial charge in [-0.1, -0.05) is 33.1 Å². The molecule has 0 aromatic heterocycles. The van der Waals surface area contributed by atoms with Crippen molar-refractivity contribution in [3.63, 3.8) is 0 Å². The second-order valence-corrected chi connectivity index (χ2v) is 4.97. The zero-order chi connectivity index (χ0) is 12.7. The van der Waals surface area contributed by atoms with Crippen LogP contribution in [0.5, 0.6) is 0 Å². The van der Waals surface area contributed by atoms with Gasteiger partial charge < -0.3 is 10.1 Å². The third-order valence-corrected chi connectivity index (χ3v) is 3.89. The van der Waals surface area contributed by atoms with E-state index in [1.165, 1.54) is 6.42 Å². The molecule has 2 atom stereocenters. The lowest BCUT2D eigenvalue weighted by atomic mass is 9.71. The summed E-state index contributed by atoms with van der Waals surface area (Å²) in [5.41, 5.74) is -0.404. The summed E-state index contributed by atoms with van der Waals surface area (Å²) in [6.07, 6.45) is 6.56. The Morgan fingerprint density at radius 3 is 2.71 bits per heavy atom. The van der Waals surface area contributed by atoms with E-state index in [1.54, 1.807) is 0 Å². The van der Waals surface area contributed by atoms with Crippen molar-refractivity contribution >= 4 is 5.97 Å². The summed E-state index contributed by atoms with van der Waals surface area (Å²) in [4.78, 5) is 12.3. The molecule has 3 heteroatoms. The highest BCUT2D eigenvalue weighted by atomic mass is 16.5. The second kappa shape index (κ2) is 7.00. The van der Waals surface area contributed by atoms with Gasteiger partial charge in [0.1, 0.15) is 5.54 Å². The predicted octanol–water partition coefficient (Wildman–Crippen LogP) is 2.89. The molecule has 17 heavy (non-hydrogen) atoms. The Balaban J connectivity index is 2.84. The van der Waals surface area contributed by atoms with E-state index in [1.807, 2.05) is 6.92 Å². The standard InChI is InChI=1S/C14H27NO2/c1-4-11-15-14(13(16)17-6-3)10-8-7-9-12(14)5-2/h12,15H,4-11H2,1-3H3. The van der Waals surface area contributed by atoms with E-state index in [9.17, 15) is 4.79 Å². The maximum atomic E-state index is 12.3. The Bertz CT molecular complexity index is 242. The monoisotopic (exact) mass is 241 g/mol. The van der Waals surface area contributed by atoms with Crippen LogP contribution in [0.3, 0.4) is 0 Å². The lowest BCUT2D eigenvalue weighted by Gasteiger charge is -2.42. The summed E-state index contributed by atoms with van der Waals surface area (Å²) in [5.74, 6) is 0.404. The molecule has 2 unspecified atom stereocenters. The summed E-state index contributed by atoms with van der Waals surface area (Å²) in [6, 6.07) is 0. The molecule has 0 spiro atoms. The molecule has 3 nitrogen and oxygen atoms in total. The molecule has 0 radical (unpaired) electrons. The minimum atomic E-state index is -0.404. The van der Waals surface area contributed by atoms with Crippen LogP contribution in [0.1, 0.15) is 59.3 Å². The minimum Gasteiger partial charge on any atom is -0.465 e. The highest BCUT2D eigenvalue weighted by Gasteiger charge is 2.46. The molecule has 0 aromatic rings. The maximum absolute atomic E-state index is 12.3. The molecular weight excluding hydrogens is 214 g/mol. The first-order valence-electron chi connectivity index (χ1n) is 7.13. The largest absolute Gasteiger partial charge is 0.465 e. The van der Waals surface area contributed by atoms with Gasteiger partial charge in [0.25, 0.3) is 0 Å². The first-order chi connectivity index (χ1) is 8.21. The SMILES string of the molecule is CCCNC1(C(=O)OCC)CCCCC1CC. The van der Waals surface area contributed by atoms with Gasteiger partial charge in [-0.2, -0.15) is 0 Å². The molecule has 0 bridgehead atoms. The first kappa shape index (κ1) is 14.5. The number of ether oxygens (including phenoxy) is 1. The van der Waals surface area contributed by atoms with Crippen LogP contribution in [-0.4, -0.2) is 24.7 Å². The molecule has 1 aliphatic carbocycles. The molecule has 0 aliphatic heterocycles. The van der Waals surface area contributed by atoms with Crippen molar-refractivity contribution in [2.45, 2.75) is 64.8 Å². The number of carbonyl (C=O) groups is 1. The summed E-state index contributed by atoms with van der Waals surface area (Å²) in [6.45, 7) is 7.57. The second-order valence-electron chi connectivity index (χ2n) is 4.97. The number of nitrogens with one attached hydrogen (secondary N) is 1. The molecule has 1 N–H and O–H groups in total. The molecule has 0 heterocycles. The Morgan fingerprint density at radius 2 is 2.12 bits per heavy atom. The van der Waals surface area contributed by atoms with Gasteiger partial charge >= 0.3 is 5.97 Å². The highest BCUT2D eigenvalue weighted by Crippen LogP contribution is 2.37. The van der Waals surface area contributed by atoms with Gasteiger partial charge in [0.2, 0.25) is 0 Å². The molecule has 1 rings (SSSR count). The van der Waals surface area contributed by atoms with Crippen molar-refractivity contribution in [1.29, 1.82) is 0 Å². The molecule has 100 valence electrons. The molecular formula is C14H27NO2. The van der Waals surface area contributed by atoms with Gasteiger partial charge in [-0.3, -0.25) is 4.79 Å². The molecule has 1 aliphatic rings. The van der Waals surface area contributed by atoms with Crippen LogP contribution in [0.4, 0.5) is 0 Å². The number of hydrogen-bond donors (Lipinski definition) is 1.